The molecule has 0 atom stereocenters. The van der Waals surface area contributed by atoms with Gasteiger partial charge in [0.25, 0.3) is 5.91 Å². The van der Waals surface area contributed by atoms with Crippen molar-refractivity contribution in [3.05, 3.63) is 65.9 Å². The van der Waals surface area contributed by atoms with Crippen LogP contribution < -0.4 is 4.74 Å². The Morgan fingerprint density at radius 1 is 1.14 bits per heavy atom. The zero-order chi connectivity index (χ0) is 19.6. The van der Waals surface area contributed by atoms with Crippen molar-refractivity contribution in [3.63, 3.8) is 0 Å². The normalized spacial score (nSPS) is 16.3. The highest BCUT2D eigenvalue weighted by Crippen LogP contribution is 2.35. The van der Waals surface area contributed by atoms with Gasteiger partial charge >= 0.3 is 0 Å². The number of aliphatic hydroxyl groups excluding tert-OH is 1. The molecule has 4 rings (SSSR count). The van der Waals surface area contributed by atoms with Gasteiger partial charge in [0.15, 0.2) is 0 Å². The summed E-state index contributed by atoms with van der Waals surface area (Å²) < 4.78 is 5.26. The Kier molecular flexibility index (Phi) is 5.09. The minimum Gasteiger partial charge on any atom is -0.497 e. The molecule has 146 valence electrons. The number of methoxy groups -OCH3 is 1. The van der Waals surface area contributed by atoms with Crippen molar-refractivity contribution in [3.8, 4) is 5.75 Å². The lowest BCUT2D eigenvalue weighted by molar-refractivity contribution is 0.0355. The van der Waals surface area contributed by atoms with E-state index >= 15 is 0 Å². The molecule has 1 saturated heterocycles. The lowest BCUT2D eigenvalue weighted by Gasteiger charge is -2.40. The molecule has 2 heterocycles. The monoisotopic (exact) mass is 378 g/mol. The molecule has 0 saturated carbocycles. The van der Waals surface area contributed by atoms with Crippen molar-refractivity contribution in [2.24, 2.45) is 5.41 Å². The van der Waals surface area contributed by atoms with E-state index in [1.807, 2.05) is 47.4 Å². The number of ether oxygens (including phenoxy) is 1. The number of H-pyrrole nitrogens is 1. The number of carbonyl (C=O) groups is 1. The third kappa shape index (κ3) is 3.62. The number of benzene rings is 2. The highest BCUT2D eigenvalue weighted by Gasteiger charge is 2.36. The number of rotatable bonds is 5. The standard InChI is InChI=1S/C23H26N2O3/c1-28-19-7-8-20-18(13-19)14-21(24-20)22(27)25-11-9-23(16-26,10-12-25)15-17-5-3-2-4-6-17/h2-8,13-14,24,26H,9-12,15-16H2,1H3. The summed E-state index contributed by atoms with van der Waals surface area (Å²) in [6.07, 6.45) is 2.45. The lowest BCUT2D eigenvalue weighted by atomic mass is 9.74. The summed E-state index contributed by atoms with van der Waals surface area (Å²) in [5.41, 5.74) is 2.62. The number of aromatic nitrogens is 1. The van der Waals surface area contributed by atoms with E-state index in [0.717, 1.165) is 35.9 Å². The molecule has 1 aromatic heterocycles. The molecule has 1 fully saturated rings. The lowest BCUT2D eigenvalue weighted by Crippen LogP contribution is -2.45. The van der Waals surface area contributed by atoms with Crippen LogP contribution in [-0.4, -0.2) is 47.7 Å². The van der Waals surface area contributed by atoms with Gasteiger partial charge in [0.2, 0.25) is 0 Å². The molecule has 0 radical (unpaired) electrons. The minimum atomic E-state index is -0.147. The van der Waals surface area contributed by atoms with Gasteiger partial charge < -0.3 is 19.7 Å². The van der Waals surface area contributed by atoms with Crippen molar-refractivity contribution in [2.45, 2.75) is 19.3 Å². The van der Waals surface area contributed by atoms with Crippen LogP contribution in [-0.2, 0) is 6.42 Å². The second-order valence-corrected chi connectivity index (χ2v) is 7.75. The third-order valence-corrected chi connectivity index (χ3v) is 5.93. The maximum absolute atomic E-state index is 13.0. The van der Waals surface area contributed by atoms with Crippen LogP contribution in [0.3, 0.4) is 0 Å². The van der Waals surface area contributed by atoms with E-state index in [0.29, 0.717) is 18.8 Å². The van der Waals surface area contributed by atoms with Crippen LogP contribution in [0.2, 0.25) is 0 Å². The van der Waals surface area contributed by atoms with Crippen LogP contribution in [0.5, 0.6) is 5.75 Å². The zero-order valence-electron chi connectivity index (χ0n) is 16.1. The fourth-order valence-electron chi connectivity index (χ4n) is 4.13. The summed E-state index contributed by atoms with van der Waals surface area (Å²) in [7, 11) is 1.64. The maximum atomic E-state index is 13.0. The number of aliphatic hydroxyl groups is 1. The predicted octanol–water partition coefficient (Wildman–Crippen LogP) is 3.63. The van der Waals surface area contributed by atoms with Crippen molar-refractivity contribution < 1.29 is 14.6 Å². The van der Waals surface area contributed by atoms with Gasteiger partial charge in [-0.05, 0) is 49.1 Å². The van der Waals surface area contributed by atoms with E-state index in [1.54, 1.807) is 7.11 Å². The predicted molar refractivity (Wildman–Crippen MR) is 110 cm³/mol. The number of nitrogens with one attached hydrogen (secondary N) is 1. The van der Waals surface area contributed by atoms with E-state index in [9.17, 15) is 9.90 Å². The van der Waals surface area contributed by atoms with Crippen molar-refractivity contribution in [1.82, 2.24) is 9.88 Å². The largest absolute Gasteiger partial charge is 0.497 e. The first-order chi connectivity index (χ1) is 13.6. The molecular formula is C23H26N2O3. The number of nitrogens with zero attached hydrogens (tertiary/aromatic N) is 1. The molecule has 2 aromatic carbocycles. The van der Waals surface area contributed by atoms with E-state index in [-0.39, 0.29) is 17.9 Å². The van der Waals surface area contributed by atoms with E-state index in [4.69, 9.17) is 4.74 Å². The summed E-state index contributed by atoms with van der Waals surface area (Å²) in [5.74, 6) is 0.790. The molecular weight excluding hydrogens is 352 g/mol. The number of amides is 1. The van der Waals surface area contributed by atoms with Gasteiger partial charge in [-0.25, -0.2) is 0 Å². The SMILES string of the molecule is COc1ccc2[nH]c(C(=O)N3CCC(CO)(Cc4ccccc4)CC3)cc2c1. The summed E-state index contributed by atoms with van der Waals surface area (Å²) in [6, 6.07) is 17.9. The Morgan fingerprint density at radius 3 is 2.57 bits per heavy atom. The fraction of sp³-hybridized carbons (Fsp3) is 0.348. The van der Waals surface area contributed by atoms with Gasteiger partial charge in [-0.3, -0.25) is 4.79 Å². The van der Waals surface area contributed by atoms with Crippen LogP contribution in [0, 0.1) is 5.41 Å². The Hall–Kier alpha value is -2.79. The Balaban J connectivity index is 1.46. The second-order valence-electron chi connectivity index (χ2n) is 7.75. The number of hydrogen-bond donors (Lipinski definition) is 2. The molecule has 5 nitrogen and oxygen atoms in total. The van der Waals surface area contributed by atoms with Gasteiger partial charge in [0, 0.05) is 36.0 Å². The molecule has 0 unspecified atom stereocenters. The molecule has 0 aliphatic carbocycles. The first-order valence-corrected chi connectivity index (χ1v) is 9.73. The van der Waals surface area contributed by atoms with Gasteiger partial charge in [0.05, 0.1) is 7.11 Å². The van der Waals surface area contributed by atoms with Gasteiger partial charge in [-0.1, -0.05) is 30.3 Å². The first kappa shape index (κ1) is 18.6. The van der Waals surface area contributed by atoms with Crippen molar-refractivity contribution in [2.75, 3.05) is 26.8 Å². The molecule has 0 bridgehead atoms. The quantitative estimate of drug-likeness (QED) is 0.712. The smallest absolute Gasteiger partial charge is 0.270 e. The van der Waals surface area contributed by atoms with Crippen LogP contribution >= 0.6 is 0 Å². The molecule has 28 heavy (non-hydrogen) atoms. The van der Waals surface area contributed by atoms with Crippen LogP contribution in [0.1, 0.15) is 28.9 Å². The Bertz CT molecular complexity index is 956. The number of likely N-dealkylation sites (tertiary alicyclic amines) is 1. The zero-order valence-corrected chi connectivity index (χ0v) is 16.1. The summed E-state index contributed by atoms with van der Waals surface area (Å²) >= 11 is 0. The Morgan fingerprint density at radius 2 is 1.89 bits per heavy atom. The second kappa shape index (κ2) is 7.68. The summed E-state index contributed by atoms with van der Waals surface area (Å²) in [4.78, 5) is 18.1. The molecule has 3 aromatic rings. The molecule has 0 spiro atoms. The average Bonchev–Trinajstić information content (AvgIpc) is 3.17. The minimum absolute atomic E-state index is 0.0152. The number of piperidine rings is 1. The summed E-state index contributed by atoms with van der Waals surface area (Å²) in [6.45, 7) is 1.46. The molecule has 1 aliphatic rings. The van der Waals surface area contributed by atoms with Crippen LogP contribution in [0.4, 0.5) is 0 Å². The van der Waals surface area contributed by atoms with Crippen molar-refractivity contribution >= 4 is 16.8 Å². The number of carbonyl (C=O) groups excluding carboxylic acids is 1. The van der Waals surface area contributed by atoms with Crippen LogP contribution in [0.15, 0.2) is 54.6 Å². The highest BCUT2D eigenvalue weighted by molar-refractivity contribution is 5.98. The third-order valence-electron chi connectivity index (χ3n) is 5.93. The molecule has 1 aliphatic heterocycles. The van der Waals surface area contributed by atoms with E-state index in [1.165, 1.54) is 5.56 Å². The average molecular weight is 378 g/mol. The number of fused-ring (bicyclic) bond motifs is 1. The van der Waals surface area contributed by atoms with Gasteiger partial charge in [-0.15, -0.1) is 0 Å². The fourth-order valence-corrected chi connectivity index (χ4v) is 4.13. The molecule has 5 heteroatoms. The maximum Gasteiger partial charge on any atom is 0.270 e. The molecule has 1 amide bonds. The molecule has 2 N–H and O–H groups in total. The summed E-state index contributed by atoms with van der Waals surface area (Å²) in [5, 5.41) is 11.0. The van der Waals surface area contributed by atoms with Crippen molar-refractivity contribution in [1.29, 1.82) is 0 Å². The first-order valence-electron chi connectivity index (χ1n) is 9.73. The number of aromatic amines is 1. The van der Waals surface area contributed by atoms with Gasteiger partial charge in [0.1, 0.15) is 11.4 Å². The van der Waals surface area contributed by atoms with Crippen LogP contribution in [0.25, 0.3) is 10.9 Å². The van der Waals surface area contributed by atoms with Gasteiger partial charge in [-0.2, -0.15) is 0 Å². The van der Waals surface area contributed by atoms with E-state index < -0.39 is 0 Å². The highest BCUT2D eigenvalue weighted by atomic mass is 16.5. The Labute approximate surface area is 164 Å². The number of hydrogen-bond acceptors (Lipinski definition) is 3. The topological polar surface area (TPSA) is 65.6 Å². The van der Waals surface area contributed by atoms with E-state index in [2.05, 4.69) is 17.1 Å².